The summed E-state index contributed by atoms with van der Waals surface area (Å²) in [4.78, 5) is 24.5. The summed E-state index contributed by atoms with van der Waals surface area (Å²) in [6.07, 6.45) is 0. The number of rotatable bonds is 5. The Hall–Kier alpha value is -3.81. The second-order valence-corrected chi connectivity index (χ2v) is 6.06. The third-order valence-electron chi connectivity index (χ3n) is 4.18. The summed E-state index contributed by atoms with van der Waals surface area (Å²) in [5.41, 5.74) is 1.53. The van der Waals surface area contributed by atoms with Crippen LogP contribution in [0.1, 0.15) is 0 Å². The van der Waals surface area contributed by atoms with Gasteiger partial charge in [0.15, 0.2) is 11.5 Å². The molecule has 0 spiro atoms. The van der Waals surface area contributed by atoms with Gasteiger partial charge in [0.05, 0.1) is 12.8 Å². The molecule has 0 atom stereocenters. The highest BCUT2D eigenvalue weighted by atomic mass is 16.7. The molecule has 0 unspecified atom stereocenters. The van der Waals surface area contributed by atoms with Gasteiger partial charge in [-0.15, -0.1) is 0 Å². The predicted molar refractivity (Wildman–Crippen MR) is 102 cm³/mol. The number of nitrogens with zero attached hydrogens (tertiary/aromatic N) is 2. The van der Waals surface area contributed by atoms with Gasteiger partial charge in [0.1, 0.15) is 12.3 Å². The topological polar surface area (TPSA) is 91.7 Å². The highest BCUT2D eigenvalue weighted by Gasteiger charge is 2.15. The number of nitrogens with one attached hydrogen (secondary N) is 1. The minimum atomic E-state index is -0.378. The van der Waals surface area contributed by atoms with Crippen LogP contribution in [0.15, 0.2) is 59.4 Å². The van der Waals surface area contributed by atoms with Crippen molar-refractivity contribution in [3.8, 4) is 28.5 Å². The minimum Gasteiger partial charge on any atom is -0.497 e. The van der Waals surface area contributed by atoms with Gasteiger partial charge in [-0.2, -0.15) is 5.10 Å². The van der Waals surface area contributed by atoms with Gasteiger partial charge in [0, 0.05) is 23.4 Å². The first kappa shape index (κ1) is 17.6. The molecule has 2 aromatic carbocycles. The maximum absolute atomic E-state index is 12.4. The van der Waals surface area contributed by atoms with Gasteiger partial charge in [-0.25, -0.2) is 4.68 Å². The first-order valence-electron chi connectivity index (χ1n) is 8.54. The molecule has 2 heterocycles. The van der Waals surface area contributed by atoms with Crippen molar-refractivity contribution in [2.45, 2.75) is 6.54 Å². The summed E-state index contributed by atoms with van der Waals surface area (Å²) in [5.74, 6) is 1.49. The molecule has 0 aliphatic carbocycles. The predicted octanol–water partition coefficient (Wildman–Crippen LogP) is 2.29. The van der Waals surface area contributed by atoms with E-state index >= 15 is 0 Å². The van der Waals surface area contributed by atoms with E-state index in [0.717, 1.165) is 10.2 Å². The molecule has 0 fully saturated rings. The number of hydrogen-bond acceptors (Lipinski definition) is 6. The van der Waals surface area contributed by atoms with Gasteiger partial charge >= 0.3 is 0 Å². The van der Waals surface area contributed by atoms with E-state index in [0.29, 0.717) is 28.6 Å². The normalized spacial score (nSPS) is 11.9. The average molecular weight is 379 g/mol. The fourth-order valence-corrected chi connectivity index (χ4v) is 2.81. The molecule has 3 aromatic rings. The number of carbonyl (C=O) groups excluding carboxylic acids is 1. The highest BCUT2D eigenvalue weighted by molar-refractivity contribution is 5.90. The summed E-state index contributed by atoms with van der Waals surface area (Å²) in [5, 5.41) is 7.03. The number of amides is 1. The molecule has 0 radical (unpaired) electrons. The van der Waals surface area contributed by atoms with Crippen LogP contribution >= 0.6 is 0 Å². The summed E-state index contributed by atoms with van der Waals surface area (Å²) in [6.45, 7) is -0.0613. The number of aromatic nitrogens is 2. The Morgan fingerprint density at radius 2 is 2.00 bits per heavy atom. The molecule has 1 aromatic heterocycles. The smallest absolute Gasteiger partial charge is 0.267 e. The molecule has 28 heavy (non-hydrogen) atoms. The van der Waals surface area contributed by atoms with Crippen molar-refractivity contribution in [3.63, 3.8) is 0 Å². The van der Waals surface area contributed by atoms with Crippen molar-refractivity contribution in [1.29, 1.82) is 0 Å². The number of methoxy groups -OCH3 is 1. The van der Waals surface area contributed by atoms with Gasteiger partial charge in [-0.05, 0) is 30.3 Å². The average Bonchev–Trinajstić information content (AvgIpc) is 3.17. The van der Waals surface area contributed by atoms with E-state index in [2.05, 4.69) is 10.4 Å². The van der Waals surface area contributed by atoms with E-state index in [1.807, 2.05) is 24.3 Å². The quantitative estimate of drug-likeness (QED) is 0.731. The summed E-state index contributed by atoms with van der Waals surface area (Å²) in [6, 6.07) is 15.4. The van der Waals surface area contributed by atoms with Crippen LogP contribution in [-0.2, 0) is 11.3 Å². The van der Waals surface area contributed by atoms with Crippen molar-refractivity contribution < 1.29 is 19.0 Å². The molecule has 1 aliphatic heterocycles. The van der Waals surface area contributed by atoms with Crippen molar-refractivity contribution in [2.24, 2.45) is 0 Å². The zero-order valence-electron chi connectivity index (χ0n) is 15.0. The zero-order chi connectivity index (χ0) is 19.5. The van der Waals surface area contributed by atoms with Crippen molar-refractivity contribution in [2.75, 3.05) is 19.2 Å². The molecule has 1 amide bonds. The Morgan fingerprint density at radius 3 is 2.86 bits per heavy atom. The molecule has 4 rings (SSSR count). The van der Waals surface area contributed by atoms with Gasteiger partial charge in [0.25, 0.3) is 5.56 Å². The van der Waals surface area contributed by atoms with E-state index in [-0.39, 0.29) is 24.8 Å². The zero-order valence-corrected chi connectivity index (χ0v) is 15.0. The van der Waals surface area contributed by atoms with Crippen LogP contribution < -0.4 is 25.1 Å². The van der Waals surface area contributed by atoms with Crippen molar-refractivity contribution in [3.05, 3.63) is 65.0 Å². The van der Waals surface area contributed by atoms with E-state index in [9.17, 15) is 9.59 Å². The van der Waals surface area contributed by atoms with E-state index < -0.39 is 0 Å². The monoisotopic (exact) mass is 379 g/mol. The Labute approximate surface area is 160 Å². The number of anilines is 1. The maximum Gasteiger partial charge on any atom is 0.267 e. The molecular formula is C20H17N3O5. The van der Waals surface area contributed by atoms with Crippen LogP contribution in [0, 0.1) is 0 Å². The molecule has 0 saturated heterocycles. The number of ether oxygens (including phenoxy) is 3. The number of hydrogen-bond donors (Lipinski definition) is 1. The van der Waals surface area contributed by atoms with E-state index in [4.69, 9.17) is 14.2 Å². The Morgan fingerprint density at radius 1 is 1.14 bits per heavy atom. The van der Waals surface area contributed by atoms with Gasteiger partial charge in [-0.1, -0.05) is 12.1 Å². The fraction of sp³-hybridized carbons (Fsp3) is 0.150. The number of carbonyl (C=O) groups is 1. The van der Waals surface area contributed by atoms with E-state index in [1.165, 1.54) is 6.07 Å². The molecule has 0 bridgehead atoms. The first-order valence-corrected chi connectivity index (χ1v) is 8.54. The van der Waals surface area contributed by atoms with Crippen molar-refractivity contribution >= 4 is 11.6 Å². The van der Waals surface area contributed by atoms with Gasteiger partial charge in [-0.3, -0.25) is 9.59 Å². The van der Waals surface area contributed by atoms with Crippen LogP contribution in [0.4, 0.5) is 5.69 Å². The largest absolute Gasteiger partial charge is 0.497 e. The molecule has 1 aliphatic rings. The summed E-state index contributed by atoms with van der Waals surface area (Å²) < 4.78 is 16.9. The van der Waals surface area contributed by atoms with Crippen LogP contribution in [0.2, 0.25) is 0 Å². The highest BCUT2D eigenvalue weighted by Crippen LogP contribution is 2.34. The number of benzene rings is 2. The molecule has 8 heteroatoms. The fourth-order valence-electron chi connectivity index (χ4n) is 2.81. The van der Waals surface area contributed by atoms with Crippen LogP contribution in [0.25, 0.3) is 11.3 Å². The Bertz CT molecular complexity index is 1090. The third kappa shape index (κ3) is 3.66. The standard InChI is InChI=1S/C20H17N3O5/c1-26-15-4-2-3-13(9-15)16-6-8-20(25)23(22-16)11-19(24)21-14-5-7-17-18(10-14)28-12-27-17/h2-10H,11-12H2,1H3,(H,21,24). The molecular weight excluding hydrogens is 362 g/mol. The van der Waals surface area contributed by atoms with Crippen LogP contribution in [0.5, 0.6) is 17.2 Å². The lowest BCUT2D eigenvalue weighted by Crippen LogP contribution is -2.29. The lowest BCUT2D eigenvalue weighted by Gasteiger charge is -2.09. The molecule has 8 nitrogen and oxygen atoms in total. The van der Waals surface area contributed by atoms with Gasteiger partial charge in [0.2, 0.25) is 12.7 Å². The maximum atomic E-state index is 12.4. The SMILES string of the molecule is COc1cccc(-c2ccc(=O)n(CC(=O)Nc3ccc4c(c3)OCO4)n2)c1. The third-order valence-corrected chi connectivity index (χ3v) is 4.18. The molecule has 1 N–H and O–H groups in total. The number of fused-ring (bicyclic) bond motifs is 1. The Kier molecular flexibility index (Phi) is 4.67. The van der Waals surface area contributed by atoms with Crippen LogP contribution in [-0.4, -0.2) is 29.6 Å². The lowest BCUT2D eigenvalue weighted by atomic mass is 10.1. The second kappa shape index (κ2) is 7.43. The first-order chi connectivity index (χ1) is 13.6. The molecule has 142 valence electrons. The minimum absolute atomic E-state index is 0.156. The summed E-state index contributed by atoms with van der Waals surface area (Å²) in [7, 11) is 1.58. The summed E-state index contributed by atoms with van der Waals surface area (Å²) >= 11 is 0. The lowest BCUT2D eigenvalue weighted by molar-refractivity contribution is -0.117. The van der Waals surface area contributed by atoms with Gasteiger partial charge < -0.3 is 19.5 Å². The Balaban J connectivity index is 1.52. The van der Waals surface area contributed by atoms with Crippen LogP contribution in [0.3, 0.4) is 0 Å². The van der Waals surface area contributed by atoms with Crippen molar-refractivity contribution in [1.82, 2.24) is 9.78 Å². The second-order valence-electron chi connectivity index (χ2n) is 6.06. The molecule has 0 saturated carbocycles. The van der Waals surface area contributed by atoms with E-state index in [1.54, 1.807) is 31.4 Å².